The zero-order chi connectivity index (χ0) is 17.4. The number of carbonyl (C=O) groups is 1. The second-order valence-electron chi connectivity index (χ2n) is 7.97. The van der Waals surface area contributed by atoms with Crippen LogP contribution in [0.25, 0.3) is 0 Å². The first-order valence-electron chi connectivity index (χ1n) is 8.21. The third kappa shape index (κ3) is 5.06. The number of carbonyl (C=O) groups excluding carboxylic acids is 1. The van der Waals surface area contributed by atoms with E-state index in [1.165, 1.54) is 9.21 Å². The molecule has 134 valence electrons. The number of likely N-dealkylation sites (tertiary alicyclic amines) is 1. The minimum absolute atomic E-state index is 0.236. The highest BCUT2D eigenvalue weighted by Gasteiger charge is 2.38. The highest BCUT2D eigenvalue weighted by molar-refractivity contribution is 7.87. The molecule has 2 atom stereocenters. The Morgan fingerprint density at radius 2 is 1.61 bits per heavy atom. The van der Waals surface area contributed by atoms with Crippen molar-refractivity contribution in [3.05, 3.63) is 0 Å². The Kier molecular flexibility index (Phi) is 5.27. The topological polar surface area (TPSA) is 79.0 Å². The molecule has 1 N–H and O–H groups in total. The maximum atomic E-state index is 12.5. The molecule has 0 radical (unpaired) electrons. The number of rotatable bonds is 3. The third-order valence-electron chi connectivity index (χ3n) is 4.02. The summed E-state index contributed by atoms with van der Waals surface area (Å²) in [6.07, 6.45) is 0.662. The van der Waals surface area contributed by atoms with Crippen LogP contribution < -0.4 is 4.72 Å². The third-order valence-corrected chi connectivity index (χ3v) is 5.63. The van der Waals surface area contributed by atoms with Gasteiger partial charge in [0.05, 0.1) is 6.04 Å². The molecular formula is C15H29N3O4S. The van der Waals surface area contributed by atoms with Crippen molar-refractivity contribution >= 4 is 16.3 Å². The second kappa shape index (κ2) is 6.57. The van der Waals surface area contributed by atoms with E-state index in [1.807, 2.05) is 20.8 Å². The highest BCUT2D eigenvalue weighted by Crippen LogP contribution is 2.23. The van der Waals surface area contributed by atoms with Gasteiger partial charge in [0, 0.05) is 26.2 Å². The average molecular weight is 347 g/mol. The van der Waals surface area contributed by atoms with Crippen molar-refractivity contribution < 1.29 is 17.9 Å². The van der Waals surface area contributed by atoms with Gasteiger partial charge in [-0.3, -0.25) is 0 Å². The molecule has 2 fully saturated rings. The number of nitrogens with one attached hydrogen (secondary N) is 1. The first kappa shape index (κ1) is 18.5. The van der Waals surface area contributed by atoms with Crippen molar-refractivity contribution in [1.29, 1.82) is 0 Å². The van der Waals surface area contributed by atoms with E-state index < -0.39 is 21.9 Å². The minimum Gasteiger partial charge on any atom is -0.444 e. The van der Waals surface area contributed by atoms with Crippen LogP contribution in [0.2, 0.25) is 0 Å². The first-order chi connectivity index (χ1) is 10.5. The van der Waals surface area contributed by atoms with Crippen molar-refractivity contribution in [2.75, 3.05) is 26.2 Å². The van der Waals surface area contributed by atoms with Crippen LogP contribution >= 0.6 is 0 Å². The van der Waals surface area contributed by atoms with Gasteiger partial charge in [0.2, 0.25) is 0 Å². The van der Waals surface area contributed by atoms with Crippen LogP contribution in [0.1, 0.15) is 41.0 Å². The molecule has 0 spiro atoms. The van der Waals surface area contributed by atoms with E-state index in [9.17, 15) is 13.2 Å². The normalized spacial score (nSPS) is 27.6. The second-order valence-corrected chi connectivity index (χ2v) is 9.67. The molecule has 2 saturated heterocycles. The van der Waals surface area contributed by atoms with E-state index in [4.69, 9.17) is 4.74 Å². The van der Waals surface area contributed by atoms with E-state index in [-0.39, 0.29) is 6.04 Å². The SMILES string of the molecule is CC1CC(C)CN(S(=O)(=O)NC2CN(C(=O)OC(C)(C)C)C2)C1. The highest BCUT2D eigenvalue weighted by atomic mass is 32.2. The maximum absolute atomic E-state index is 12.5. The molecule has 8 heteroatoms. The fourth-order valence-electron chi connectivity index (χ4n) is 3.12. The standard InChI is InChI=1S/C15H29N3O4S/c1-11-6-12(2)8-18(7-11)23(20,21)16-13-9-17(10-13)14(19)22-15(3,4)5/h11-13,16H,6-10H2,1-5H3. The predicted octanol–water partition coefficient (Wildman–Crippen LogP) is 1.42. The lowest BCUT2D eigenvalue weighted by Gasteiger charge is -2.41. The van der Waals surface area contributed by atoms with Crippen molar-refractivity contribution in [2.45, 2.75) is 52.7 Å². The van der Waals surface area contributed by atoms with Gasteiger partial charge in [-0.2, -0.15) is 17.4 Å². The van der Waals surface area contributed by atoms with Gasteiger partial charge in [-0.1, -0.05) is 13.8 Å². The van der Waals surface area contributed by atoms with Gasteiger partial charge in [-0.15, -0.1) is 0 Å². The molecule has 0 aromatic carbocycles. The van der Waals surface area contributed by atoms with Crippen LogP contribution in [-0.4, -0.2) is 61.5 Å². The van der Waals surface area contributed by atoms with Gasteiger partial charge in [-0.05, 0) is 39.0 Å². The molecule has 2 heterocycles. The van der Waals surface area contributed by atoms with Gasteiger partial charge in [0.15, 0.2) is 0 Å². The molecular weight excluding hydrogens is 318 g/mol. The van der Waals surface area contributed by atoms with Crippen LogP contribution in [0.3, 0.4) is 0 Å². The summed E-state index contributed by atoms with van der Waals surface area (Å²) >= 11 is 0. The van der Waals surface area contributed by atoms with Gasteiger partial charge in [-0.25, -0.2) is 4.79 Å². The fraction of sp³-hybridized carbons (Fsp3) is 0.933. The summed E-state index contributed by atoms with van der Waals surface area (Å²) in [5, 5.41) is 0. The van der Waals surface area contributed by atoms with Gasteiger partial charge < -0.3 is 9.64 Å². The summed E-state index contributed by atoms with van der Waals surface area (Å²) in [5.74, 6) is 0.741. The summed E-state index contributed by atoms with van der Waals surface area (Å²) in [6, 6.07) is -0.236. The molecule has 0 aromatic heterocycles. The van der Waals surface area contributed by atoms with Crippen LogP contribution in [0.15, 0.2) is 0 Å². The quantitative estimate of drug-likeness (QED) is 0.837. The van der Waals surface area contributed by atoms with Crippen LogP contribution in [0.4, 0.5) is 4.79 Å². The minimum atomic E-state index is -3.49. The molecule has 7 nitrogen and oxygen atoms in total. The average Bonchev–Trinajstić information content (AvgIpc) is 2.29. The number of ether oxygens (including phenoxy) is 1. The van der Waals surface area contributed by atoms with Crippen molar-refractivity contribution in [2.24, 2.45) is 11.8 Å². The fourth-order valence-corrected chi connectivity index (χ4v) is 4.74. The molecule has 0 aliphatic carbocycles. The largest absolute Gasteiger partial charge is 0.444 e. The Bertz CT molecular complexity index is 527. The number of piperidine rings is 1. The maximum Gasteiger partial charge on any atom is 0.410 e. The molecule has 0 aromatic rings. The van der Waals surface area contributed by atoms with E-state index in [1.54, 1.807) is 0 Å². The van der Waals surface area contributed by atoms with Crippen molar-refractivity contribution in [3.8, 4) is 0 Å². The summed E-state index contributed by atoms with van der Waals surface area (Å²) in [7, 11) is -3.49. The molecule has 0 saturated carbocycles. The number of hydrogen-bond donors (Lipinski definition) is 1. The molecule has 2 unspecified atom stereocenters. The van der Waals surface area contributed by atoms with Crippen LogP contribution in [0.5, 0.6) is 0 Å². The molecule has 0 bridgehead atoms. The monoisotopic (exact) mass is 347 g/mol. The smallest absolute Gasteiger partial charge is 0.410 e. The van der Waals surface area contributed by atoms with Crippen LogP contribution in [-0.2, 0) is 14.9 Å². The summed E-state index contributed by atoms with van der Waals surface area (Å²) in [6.45, 7) is 11.4. The first-order valence-corrected chi connectivity index (χ1v) is 9.65. The number of hydrogen-bond acceptors (Lipinski definition) is 4. The van der Waals surface area contributed by atoms with Crippen LogP contribution in [0, 0.1) is 11.8 Å². The van der Waals surface area contributed by atoms with Gasteiger partial charge >= 0.3 is 6.09 Å². The Balaban J connectivity index is 1.83. The Labute approximate surface area is 139 Å². The Morgan fingerprint density at radius 1 is 1.09 bits per heavy atom. The van der Waals surface area contributed by atoms with Gasteiger partial charge in [0.25, 0.3) is 10.2 Å². The summed E-state index contributed by atoms with van der Waals surface area (Å²) in [5.41, 5.74) is -0.540. The van der Waals surface area contributed by atoms with Crippen molar-refractivity contribution in [3.63, 3.8) is 0 Å². The van der Waals surface area contributed by atoms with E-state index in [0.29, 0.717) is 38.0 Å². The predicted molar refractivity (Wildman–Crippen MR) is 88.2 cm³/mol. The zero-order valence-corrected chi connectivity index (χ0v) is 15.5. The number of amides is 1. The lowest BCUT2D eigenvalue weighted by atomic mass is 9.94. The molecule has 2 rings (SSSR count). The van der Waals surface area contributed by atoms with E-state index in [0.717, 1.165) is 6.42 Å². The molecule has 2 aliphatic heterocycles. The lowest BCUT2D eigenvalue weighted by Crippen LogP contribution is -2.63. The zero-order valence-electron chi connectivity index (χ0n) is 14.7. The summed E-state index contributed by atoms with van der Waals surface area (Å²) < 4.78 is 34.4. The van der Waals surface area contributed by atoms with E-state index >= 15 is 0 Å². The molecule has 1 amide bonds. The Hall–Kier alpha value is -0.860. The Morgan fingerprint density at radius 3 is 2.09 bits per heavy atom. The number of nitrogens with zero attached hydrogens (tertiary/aromatic N) is 2. The van der Waals surface area contributed by atoms with E-state index in [2.05, 4.69) is 18.6 Å². The molecule has 2 aliphatic rings. The van der Waals surface area contributed by atoms with Gasteiger partial charge in [0.1, 0.15) is 5.60 Å². The lowest BCUT2D eigenvalue weighted by molar-refractivity contribution is 0.00718. The molecule has 23 heavy (non-hydrogen) atoms. The van der Waals surface area contributed by atoms with Crippen molar-refractivity contribution in [1.82, 2.24) is 13.9 Å². The summed E-state index contributed by atoms with van der Waals surface area (Å²) in [4.78, 5) is 13.4.